The molecular formula is C43H35N3. The van der Waals surface area contributed by atoms with Crippen LogP contribution in [0.5, 0.6) is 0 Å². The van der Waals surface area contributed by atoms with Gasteiger partial charge in [-0.25, -0.2) is 15.0 Å². The van der Waals surface area contributed by atoms with E-state index in [9.17, 15) is 0 Å². The Bertz CT molecular complexity index is 2100. The molecule has 0 saturated heterocycles. The third-order valence-electron chi connectivity index (χ3n) is 9.62. The Kier molecular flexibility index (Phi) is 7.43. The maximum atomic E-state index is 5.04. The van der Waals surface area contributed by atoms with Crippen molar-refractivity contribution in [1.82, 2.24) is 15.0 Å². The SMILES string of the molecule is c1ccc(-c2ccc(C3(c4ccc(-c5nc(-c6ccccc6)nc(-c6ccc7ccccc7c6)n5)cc4)CCCCC3)cc2)cc1. The smallest absolute Gasteiger partial charge is 0.164 e. The predicted molar refractivity (Wildman–Crippen MR) is 189 cm³/mol. The second-order valence-electron chi connectivity index (χ2n) is 12.4. The molecule has 8 rings (SSSR count). The van der Waals surface area contributed by atoms with Gasteiger partial charge in [0.2, 0.25) is 0 Å². The molecule has 1 aromatic heterocycles. The Labute approximate surface area is 270 Å². The summed E-state index contributed by atoms with van der Waals surface area (Å²) in [5, 5.41) is 2.37. The average molecular weight is 594 g/mol. The molecule has 7 aromatic rings. The standard InChI is InChI=1S/C43H35N3/c1-4-12-31(13-5-1)33-20-24-38(25-21-33)43(28-10-3-11-29-43)39-26-22-35(23-27-39)41-44-40(34-15-6-2-7-16-34)45-42(46-41)37-19-18-32-14-8-9-17-36(32)30-37/h1-2,4-9,12-27,30H,3,10-11,28-29H2. The minimum atomic E-state index is 0.0105. The second-order valence-corrected chi connectivity index (χ2v) is 12.4. The van der Waals surface area contributed by atoms with E-state index in [2.05, 4.69) is 133 Å². The topological polar surface area (TPSA) is 38.7 Å². The van der Waals surface area contributed by atoms with Gasteiger partial charge in [-0.3, -0.25) is 0 Å². The Morgan fingerprint density at radius 2 is 0.783 bits per heavy atom. The van der Waals surface area contributed by atoms with Crippen LogP contribution >= 0.6 is 0 Å². The molecule has 0 bridgehead atoms. The first-order chi connectivity index (χ1) is 22.7. The van der Waals surface area contributed by atoms with Gasteiger partial charge in [0.1, 0.15) is 0 Å². The molecule has 1 aliphatic carbocycles. The number of hydrogen-bond acceptors (Lipinski definition) is 3. The molecule has 6 aromatic carbocycles. The summed E-state index contributed by atoms with van der Waals surface area (Å²) in [6.45, 7) is 0. The van der Waals surface area contributed by atoms with Gasteiger partial charge in [-0.2, -0.15) is 0 Å². The first-order valence-corrected chi connectivity index (χ1v) is 16.3. The molecule has 222 valence electrons. The molecule has 0 aliphatic heterocycles. The highest BCUT2D eigenvalue weighted by Gasteiger charge is 2.35. The lowest BCUT2D eigenvalue weighted by Crippen LogP contribution is -2.30. The van der Waals surface area contributed by atoms with Gasteiger partial charge in [0.25, 0.3) is 0 Å². The fraction of sp³-hybridized carbons (Fsp3) is 0.140. The quantitative estimate of drug-likeness (QED) is 0.192. The molecule has 1 heterocycles. The van der Waals surface area contributed by atoms with Crippen LogP contribution < -0.4 is 0 Å². The van der Waals surface area contributed by atoms with Gasteiger partial charge in [-0.05, 0) is 51.9 Å². The molecular weight excluding hydrogens is 558 g/mol. The van der Waals surface area contributed by atoms with Crippen molar-refractivity contribution >= 4 is 10.8 Å². The monoisotopic (exact) mass is 593 g/mol. The number of aromatic nitrogens is 3. The van der Waals surface area contributed by atoms with Gasteiger partial charge in [0.15, 0.2) is 17.5 Å². The maximum absolute atomic E-state index is 5.04. The van der Waals surface area contributed by atoms with E-state index in [1.807, 2.05) is 18.2 Å². The molecule has 3 nitrogen and oxygen atoms in total. The lowest BCUT2D eigenvalue weighted by atomic mass is 9.65. The van der Waals surface area contributed by atoms with Crippen molar-refractivity contribution in [3.05, 3.63) is 163 Å². The van der Waals surface area contributed by atoms with E-state index in [1.54, 1.807) is 0 Å². The van der Waals surface area contributed by atoms with Crippen molar-refractivity contribution in [1.29, 1.82) is 0 Å². The number of benzene rings is 6. The molecule has 0 unspecified atom stereocenters. The second kappa shape index (κ2) is 12.2. The first kappa shape index (κ1) is 28.1. The molecule has 1 saturated carbocycles. The molecule has 46 heavy (non-hydrogen) atoms. The predicted octanol–water partition coefficient (Wildman–Crippen LogP) is 10.9. The van der Waals surface area contributed by atoms with E-state index >= 15 is 0 Å². The van der Waals surface area contributed by atoms with Crippen LogP contribution in [0.3, 0.4) is 0 Å². The Balaban J connectivity index is 1.18. The highest BCUT2D eigenvalue weighted by molar-refractivity contribution is 5.86. The van der Waals surface area contributed by atoms with Crippen LogP contribution in [0, 0.1) is 0 Å². The highest BCUT2D eigenvalue weighted by Crippen LogP contribution is 2.45. The lowest BCUT2D eigenvalue weighted by molar-refractivity contribution is 0.346. The van der Waals surface area contributed by atoms with E-state index < -0.39 is 0 Å². The molecule has 0 atom stereocenters. The van der Waals surface area contributed by atoms with Crippen molar-refractivity contribution in [3.63, 3.8) is 0 Å². The zero-order valence-corrected chi connectivity index (χ0v) is 25.8. The minimum Gasteiger partial charge on any atom is -0.208 e. The van der Waals surface area contributed by atoms with E-state index in [0.29, 0.717) is 17.5 Å². The summed E-state index contributed by atoms with van der Waals surface area (Å²) < 4.78 is 0. The third-order valence-corrected chi connectivity index (χ3v) is 9.62. The largest absolute Gasteiger partial charge is 0.208 e. The molecule has 1 aliphatic rings. The van der Waals surface area contributed by atoms with Gasteiger partial charge >= 0.3 is 0 Å². The summed E-state index contributed by atoms with van der Waals surface area (Å²) in [7, 11) is 0. The number of fused-ring (bicyclic) bond motifs is 1. The summed E-state index contributed by atoms with van der Waals surface area (Å²) in [6, 6.07) is 54.0. The highest BCUT2D eigenvalue weighted by atomic mass is 15.0. The number of nitrogens with zero attached hydrogens (tertiary/aromatic N) is 3. The summed E-state index contributed by atoms with van der Waals surface area (Å²) >= 11 is 0. The molecule has 3 heteroatoms. The zero-order valence-electron chi connectivity index (χ0n) is 25.8. The van der Waals surface area contributed by atoms with Crippen molar-refractivity contribution in [3.8, 4) is 45.3 Å². The summed E-state index contributed by atoms with van der Waals surface area (Å²) in [4.78, 5) is 15.0. The van der Waals surface area contributed by atoms with Crippen LogP contribution in [0.1, 0.15) is 43.2 Å². The van der Waals surface area contributed by atoms with Crippen molar-refractivity contribution in [2.45, 2.75) is 37.5 Å². The van der Waals surface area contributed by atoms with Crippen LogP contribution in [0.2, 0.25) is 0 Å². The summed E-state index contributed by atoms with van der Waals surface area (Å²) in [6.07, 6.45) is 6.10. The number of rotatable bonds is 6. The number of hydrogen-bond donors (Lipinski definition) is 0. The molecule has 0 radical (unpaired) electrons. The van der Waals surface area contributed by atoms with Crippen LogP contribution in [-0.2, 0) is 5.41 Å². The fourth-order valence-electron chi connectivity index (χ4n) is 7.13. The third kappa shape index (κ3) is 5.39. The zero-order chi connectivity index (χ0) is 30.8. The van der Waals surface area contributed by atoms with E-state index in [1.165, 1.54) is 52.3 Å². The minimum absolute atomic E-state index is 0.0105. The Morgan fingerprint density at radius 3 is 1.39 bits per heavy atom. The van der Waals surface area contributed by atoms with Crippen LogP contribution in [0.15, 0.2) is 152 Å². The van der Waals surface area contributed by atoms with Crippen molar-refractivity contribution < 1.29 is 0 Å². The Hall–Kier alpha value is -5.41. The maximum Gasteiger partial charge on any atom is 0.164 e. The summed E-state index contributed by atoms with van der Waals surface area (Å²) in [5.74, 6) is 2.05. The van der Waals surface area contributed by atoms with Gasteiger partial charge < -0.3 is 0 Å². The van der Waals surface area contributed by atoms with Gasteiger partial charge in [-0.15, -0.1) is 0 Å². The van der Waals surface area contributed by atoms with Crippen molar-refractivity contribution in [2.24, 2.45) is 0 Å². The van der Waals surface area contributed by atoms with Crippen molar-refractivity contribution in [2.75, 3.05) is 0 Å². The molecule has 0 amide bonds. The van der Waals surface area contributed by atoms with Gasteiger partial charge in [-0.1, -0.05) is 165 Å². The Morgan fingerprint density at radius 1 is 0.348 bits per heavy atom. The van der Waals surface area contributed by atoms with E-state index in [4.69, 9.17) is 15.0 Å². The molecule has 0 spiro atoms. The first-order valence-electron chi connectivity index (χ1n) is 16.3. The fourth-order valence-corrected chi connectivity index (χ4v) is 7.13. The molecule has 0 N–H and O–H groups in total. The van der Waals surface area contributed by atoms with E-state index in [0.717, 1.165) is 29.5 Å². The van der Waals surface area contributed by atoms with E-state index in [-0.39, 0.29) is 5.41 Å². The lowest BCUT2D eigenvalue weighted by Gasteiger charge is -2.39. The molecule has 1 fully saturated rings. The van der Waals surface area contributed by atoms with Gasteiger partial charge in [0, 0.05) is 22.1 Å². The normalized spacial score (nSPS) is 14.3. The van der Waals surface area contributed by atoms with Crippen LogP contribution in [0.25, 0.3) is 56.1 Å². The van der Waals surface area contributed by atoms with Crippen LogP contribution in [0.4, 0.5) is 0 Å². The van der Waals surface area contributed by atoms with Gasteiger partial charge in [0.05, 0.1) is 0 Å². The van der Waals surface area contributed by atoms with Crippen LogP contribution in [-0.4, -0.2) is 15.0 Å². The average Bonchev–Trinajstić information content (AvgIpc) is 3.15. The summed E-state index contributed by atoms with van der Waals surface area (Å²) in [5.41, 5.74) is 8.26.